The highest BCUT2D eigenvalue weighted by atomic mass is 35.5. The molecule has 6 heteroatoms. The second-order valence-corrected chi connectivity index (χ2v) is 5.82. The Morgan fingerprint density at radius 2 is 2.24 bits per heavy atom. The highest BCUT2D eigenvalue weighted by Crippen LogP contribution is 2.28. The first-order chi connectivity index (χ1) is 10.1. The molecule has 0 radical (unpaired) electrons. The van der Waals surface area contributed by atoms with Crippen LogP contribution in [0, 0.1) is 0 Å². The van der Waals surface area contributed by atoms with Crippen molar-refractivity contribution < 1.29 is 4.74 Å². The number of hydrogen-bond acceptors (Lipinski definition) is 4. The Bertz CT molecular complexity index is 639. The van der Waals surface area contributed by atoms with Crippen molar-refractivity contribution in [3.05, 3.63) is 40.4 Å². The van der Waals surface area contributed by atoms with Crippen LogP contribution >= 0.6 is 11.6 Å². The average molecular weight is 307 g/mol. The molecule has 2 N–H and O–H groups in total. The number of aromatic nitrogens is 3. The Morgan fingerprint density at radius 3 is 3.00 bits per heavy atom. The molecule has 112 valence electrons. The molecule has 1 aliphatic rings. The fourth-order valence-electron chi connectivity index (χ4n) is 2.53. The van der Waals surface area contributed by atoms with Gasteiger partial charge in [0.15, 0.2) is 5.82 Å². The fourth-order valence-corrected chi connectivity index (χ4v) is 2.78. The lowest BCUT2D eigenvalue weighted by Gasteiger charge is -2.15. The van der Waals surface area contributed by atoms with Gasteiger partial charge in [-0.05, 0) is 37.5 Å². The van der Waals surface area contributed by atoms with Crippen LogP contribution in [-0.4, -0.2) is 14.8 Å². The summed E-state index contributed by atoms with van der Waals surface area (Å²) in [6.45, 7) is 3.28. The van der Waals surface area contributed by atoms with Crippen molar-refractivity contribution in [2.45, 2.75) is 45.4 Å². The summed E-state index contributed by atoms with van der Waals surface area (Å²) in [6, 6.07) is 5.60. The number of ether oxygens (including phenoxy) is 1. The highest BCUT2D eigenvalue weighted by molar-refractivity contribution is 6.32. The van der Waals surface area contributed by atoms with Gasteiger partial charge in [-0.2, -0.15) is 0 Å². The Balaban J connectivity index is 1.72. The molecule has 21 heavy (non-hydrogen) atoms. The van der Waals surface area contributed by atoms with Gasteiger partial charge in [0.05, 0.1) is 5.02 Å². The van der Waals surface area contributed by atoms with Gasteiger partial charge in [-0.3, -0.25) is 0 Å². The lowest BCUT2D eigenvalue weighted by atomic mass is 10.1. The quantitative estimate of drug-likeness (QED) is 0.943. The van der Waals surface area contributed by atoms with Gasteiger partial charge in [0.25, 0.3) is 0 Å². The van der Waals surface area contributed by atoms with Gasteiger partial charge < -0.3 is 15.0 Å². The molecule has 5 nitrogen and oxygen atoms in total. The molecule has 1 atom stereocenters. The Kier molecular flexibility index (Phi) is 4.12. The van der Waals surface area contributed by atoms with Gasteiger partial charge in [-0.15, -0.1) is 10.2 Å². The van der Waals surface area contributed by atoms with Gasteiger partial charge in [0.1, 0.15) is 18.2 Å². The Labute approximate surface area is 129 Å². The maximum atomic E-state index is 6.23. The number of nitrogens with zero attached hydrogens (tertiary/aromatic N) is 3. The third-order valence-electron chi connectivity index (χ3n) is 3.77. The fraction of sp³-hybridized carbons (Fsp3) is 0.467. The van der Waals surface area contributed by atoms with Crippen LogP contribution in [0.15, 0.2) is 18.2 Å². The number of nitrogens with two attached hydrogens (primary N) is 1. The zero-order valence-corrected chi connectivity index (χ0v) is 12.8. The Morgan fingerprint density at radius 1 is 1.38 bits per heavy atom. The van der Waals surface area contributed by atoms with Gasteiger partial charge in [0.2, 0.25) is 0 Å². The molecule has 1 aromatic carbocycles. The monoisotopic (exact) mass is 306 g/mol. The molecule has 3 rings (SSSR count). The third-order valence-corrected chi connectivity index (χ3v) is 4.07. The largest absolute Gasteiger partial charge is 0.484 e. The number of hydrogen-bond donors (Lipinski definition) is 1. The summed E-state index contributed by atoms with van der Waals surface area (Å²) in [5, 5.41) is 9.00. The van der Waals surface area contributed by atoms with E-state index in [9.17, 15) is 0 Å². The molecule has 0 saturated heterocycles. The van der Waals surface area contributed by atoms with Crippen LogP contribution in [0.4, 0.5) is 0 Å². The number of halogens is 1. The molecule has 2 heterocycles. The molecule has 0 bridgehead atoms. The lowest BCUT2D eigenvalue weighted by molar-refractivity contribution is 0.286. The summed E-state index contributed by atoms with van der Waals surface area (Å²) in [5.74, 6) is 2.56. The van der Waals surface area contributed by atoms with E-state index in [1.165, 1.54) is 12.8 Å². The van der Waals surface area contributed by atoms with E-state index < -0.39 is 0 Å². The number of fused-ring (bicyclic) bond motifs is 1. The second kappa shape index (κ2) is 6.03. The standard InChI is InChI=1S/C15H19ClN4O/c1-10(17)11-5-6-13(12(16)8-11)21-9-15-19-18-14-4-2-3-7-20(14)15/h5-6,8,10H,2-4,7,9,17H2,1H3. The van der Waals surface area contributed by atoms with E-state index in [2.05, 4.69) is 14.8 Å². The van der Waals surface area contributed by atoms with Crippen LogP contribution in [0.5, 0.6) is 5.75 Å². The molecule has 0 spiro atoms. The maximum Gasteiger partial charge on any atom is 0.171 e. The van der Waals surface area contributed by atoms with Crippen molar-refractivity contribution in [1.29, 1.82) is 0 Å². The van der Waals surface area contributed by atoms with Crippen molar-refractivity contribution in [3.8, 4) is 5.75 Å². The highest BCUT2D eigenvalue weighted by Gasteiger charge is 2.16. The van der Waals surface area contributed by atoms with Crippen molar-refractivity contribution in [3.63, 3.8) is 0 Å². The summed E-state index contributed by atoms with van der Waals surface area (Å²) in [6.07, 6.45) is 3.35. The van der Waals surface area contributed by atoms with Crippen LogP contribution in [0.1, 0.15) is 43.0 Å². The van der Waals surface area contributed by atoms with Crippen LogP contribution in [0.2, 0.25) is 5.02 Å². The molecule has 0 aliphatic carbocycles. The summed E-state index contributed by atoms with van der Waals surface area (Å²) < 4.78 is 7.93. The van der Waals surface area contributed by atoms with E-state index >= 15 is 0 Å². The number of rotatable bonds is 4. The summed E-state index contributed by atoms with van der Waals surface area (Å²) in [4.78, 5) is 0. The third kappa shape index (κ3) is 3.04. The second-order valence-electron chi connectivity index (χ2n) is 5.41. The van der Waals surface area contributed by atoms with Crippen molar-refractivity contribution in [1.82, 2.24) is 14.8 Å². The zero-order chi connectivity index (χ0) is 14.8. The number of aryl methyl sites for hydroxylation is 1. The maximum absolute atomic E-state index is 6.23. The topological polar surface area (TPSA) is 66.0 Å². The van der Waals surface area contributed by atoms with Gasteiger partial charge in [-0.25, -0.2) is 0 Å². The zero-order valence-electron chi connectivity index (χ0n) is 12.1. The van der Waals surface area contributed by atoms with E-state index in [1.807, 2.05) is 25.1 Å². The SMILES string of the molecule is CC(N)c1ccc(OCc2nnc3n2CCCC3)c(Cl)c1. The smallest absolute Gasteiger partial charge is 0.171 e. The van der Waals surface area contributed by atoms with Gasteiger partial charge >= 0.3 is 0 Å². The average Bonchev–Trinajstić information content (AvgIpc) is 2.89. The molecule has 2 aromatic rings. The van der Waals surface area contributed by atoms with Crippen molar-refractivity contribution in [2.24, 2.45) is 5.73 Å². The van der Waals surface area contributed by atoms with Crippen LogP contribution < -0.4 is 10.5 Å². The van der Waals surface area contributed by atoms with Gasteiger partial charge in [-0.1, -0.05) is 17.7 Å². The van der Waals surface area contributed by atoms with E-state index in [-0.39, 0.29) is 6.04 Å². The molecule has 1 unspecified atom stereocenters. The first-order valence-electron chi connectivity index (χ1n) is 7.24. The summed E-state index contributed by atoms with van der Waals surface area (Å²) in [5.41, 5.74) is 6.83. The van der Waals surface area contributed by atoms with Crippen molar-refractivity contribution in [2.75, 3.05) is 0 Å². The predicted molar refractivity (Wildman–Crippen MR) is 81.3 cm³/mol. The molecule has 0 amide bonds. The summed E-state index contributed by atoms with van der Waals surface area (Å²) in [7, 11) is 0. The first kappa shape index (κ1) is 14.4. The van der Waals surface area contributed by atoms with Crippen LogP contribution in [0.25, 0.3) is 0 Å². The van der Waals surface area contributed by atoms with E-state index in [0.717, 1.165) is 30.2 Å². The summed E-state index contributed by atoms with van der Waals surface area (Å²) >= 11 is 6.23. The lowest BCUT2D eigenvalue weighted by Crippen LogP contribution is -2.14. The molecule has 1 aromatic heterocycles. The minimum atomic E-state index is -0.0416. The normalized spacial score (nSPS) is 15.6. The number of benzene rings is 1. The van der Waals surface area contributed by atoms with Crippen LogP contribution in [-0.2, 0) is 19.6 Å². The Hall–Kier alpha value is -1.59. The van der Waals surface area contributed by atoms with E-state index in [4.69, 9.17) is 22.1 Å². The molecule has 0 fully saturated rings. The van der Waals surface area contributed by atoms with E-state index in [0.29, 0.717) is 17.4 Å². The minimum Gasteiger partial charge on any atom is -0.484 e. The molecular formula is C15H19ClN4O. The van der Waals surface area contributed by atoms with Crippen molar-refractivity contribution >= 4 is 11.6 Å². The molecule has 1 aliphatic heterocycles. The van der Waals surface area contributed by atoms with Gasteiger partial charge in [0, 0.05) is 19.0 Å². The van der Waals surface area contributed by atoms with Crippen LogP contribution in [0.3, 0.4) is 0 Å². The predicted octanol–water partition coefficient (Wildman–Crippen LogP) is 2.87. The first-order valence-corrected chi connectivity index (χ1v) is 7.61. The van der Waals surface area contributed by atoms with E-state index in [1.54, 1.807) is 0 Å². The molecular weight excluding hydrogens is 288 g/mol. The minimum absolute atomic E-state index is 0.0416. The molecule has 0 saturated carbocycles.